The van der Waals surface area contributed by atoms with Crippen LogP contribution < -0.4 is 4.74 Å². The summed E-state index contributed by atoms with van der Waals surface area (Å²) in [5.74, 6) is 0.839. The molecule has 0 radical (unpaired) electrons. The van der Waals surface area contributed by atoms with Gasteiger partial charge in [0.1, 0.15) is 5.75 Å². The first-order valence-corrected chi connectivity index (χ1v) is 7.61. The van der Waals surface area contributed by atoms with Gasteiger partial charge in [0, 0.05) is 26.3 Å². The molecular formula is C17H25NO3. The molecule has 21 heavy (non-hydrogen) atoms. The number of nitrogens with zero attached hydrogens (tertiary/aromatic N) is 1. The predicted molar refractivity (Wildman–Crippen MR) is 82.2 cm³/mol. The number of rotatable bonds is 7. The zero-order valence-electron chi connectivity index (χ0n) is 13.0. The molecule has 1 fully saturated rings. The summed E-state index contributed by atoms with van der Waals surface area (Å²) in [6.45, 7) is 5.28. The van der Waals surface area contributed by atoms with Gasteiger partial charge in [-0.1, -0.05) is 19.1 Å². The second-order valence-corrected chi connectivity index (χ2v) is 5.82. The summed E-state index contributed by atoms with van der Waals surface area (Å²) in [5, 5.41) is 0. The molecule has 4 nitrogen and oxygen atoms in total. The van der Waals surface area contributed by atoms with Gasteiger partial charge in [0.15, 0.2) is 0 Å². The topological polar surface area (TPSA) is 38.8 Å². The van der Waals surface area contributed by atoms with Crippen LogP contribution in [0, 0.1) is 5.41 Å². The van der Waals surface area contributed by atoms with Gasteiger partial charge in [-0.15, -0.1) is 0 Å². The van der Waals surface area contributed by atoms with Gasteiger partial charge in [0.2, 0.25) is 6.41 Å². The van der Waals surface area contributed by atoms with E-state index in [9.17, 15) is 4.79 Å². The minimum Gasteiger partial charge on any atom is -0.497 e. The number of carbonyl (C=O) groups is 1. The minimum absolute atomic E-state index is 0.214. The van der Waals surface area contributed by atoms with Crippen LogP contribution in [0.5, 0.6) is 5.75 Å². The van der Waals surface area contributed by atoms with Gasteiger partial charge in [-0.05, 0) is 42.4 Å². The van der Waals surface area contributed by atoms with Gasteiger partial charge >= 0.3 is 0 Å². The van der Waals surface area contributed by atoms with Gasteiger partial charge in [0.25, 0.3) is 0 Å². The Kier molecular flexibility index (Phi) is 5.62. The molecule has 0 atom stereocenters. The van der Waals surface area contributed by atoms with Crippen LogP contribution in [-0.2, 0) is 16.1 Å². The van der Waals surface area contributed by atoms with Crippen molar-refractivity contribution in [1.82, 2.24) is 4.90 Å². The van der Waals surface area contributed by atoms with Gasteiger partial charge in [0.05, 0.1) is 7.11 Å². The van der Waals surface area contributed by atoms with E-state index >= 15 is 0 Å². The molecule has 0 spiro atoms. The van der Waals surface area contributed by atoms with E-state index in [0.29, 0.717) is 6.54 Å². The standard InChI is InChI=1S/C17H25NO3/c1-3-17(8-10-21-11-9-17)13-18(14-19)12-15-4-6-16(20-2)7-5-15/h4-7,14H,3,8-13H2,1-2H3. The molecule has 1 amide bonds. The van der Waals surface area contributed by atoms with Crippen LogP contribution in [0.25, 0.3) is 0 Å². The van der Waals surface area contributed by atoms with Gasteiger partial charge in [-0.2, -0.15) is 0 Å². The number of methoxy groups -OCH3 is 1. The molecule has 1 heterocycles. The van der Waals surface area contributed by atoms with E-state index in [1.165, 1.54) is 0 Å². The highest BCUT2D eigenvalue weighted by molar-refractivity contribution is 5.47. The van der Waals surface area contributed by atoms with Crippen LogP contribution in [0.2, 0.25) is 0 Å². The maximum absolute atomic E-state index is 11.4. The highest BCUT2D eigenvalue weighted by Crippen LogP contribution is 2.35. The van der Waals surface area contributed by atoms with Crippen molar-refractivity contribution in [3.8, 4) is 5.75 Å². The average Bonchev–Trinajstić information content (AvgIpc) is 2.55. The number of amides is 1. The highest BCUT2D eigenvalue weighted by atomic mass is 16.5. The van der Waals surface area contributed by atoms with E-state index in [2.05, 4.69) is 6.92 Å². The minimum atomic E-state index is 0.214. The molecule has 0 saturated carbocycles. The van der Waals surface area contributed by atoms with Gasteiger partial charge in [-0.25, -0.2) is 0 Å². The quantitative estimate of drug-likeness (QED) is 0.725. The third-order valence-electron chi connectivity index (χ3n) is 4.54. The number of ether oxygens (including phenoxy) is 2. The molecule has 116 valence electrons. The number of hydrogen-bond acceptors (Lipinski definition) is 3. The van der Waals surface area contributed by atoms with Gasteiger partial charge in [-0.3, -0.25) is 4.79 Å². The van der Waals surface area contributed by atoms with E-state index in [1.807, 2.05) is 29.2 Å². The fraction of sp³-hybridized carbons (Fsp3) is 0.588. The first kappa shape index (κ1) is 15.8. The summed E-state index contributed by atoms with van der Waals surface area (Å²) in [6.07, 6.45) is 4.13. The Bertz CT molecular complexity index is 438. The Hall–Kier alpha value is -1.55. The van der Waals surface area contributed by atoms with Crippen molar-refractivity contribution >= 4 is 6.41 Å². The molecule has 0 aliphatic carbocycles. The molecule has 2 rings (SSSR count). The van der Waals surface area contributed by atoms with E-state index in [-0.39, 0.29) is 5.41 Å². The van der Waals surface area contributed by atoms with Crippen LogP contribution in [0.3, 0.4) is 0 Å². The highest BCUT2D eigenvalue weighted by Gasteiger charge is 2.32. The van der Waals surface area contributed by atoms with Crippen molar-refractivity contribution < 1.29 is 14.3 Å². The third-order valence-corrected chi connectivity index (χ3v) is 4.54. The Morgan fingerprint density at radius 3 is 2.48 bits per heavy atom. The van der Waals surface area contributed by atoms with Crippen LogP contribution in [-0.4, -0.2) is 38.2 Å². The molecule has 1 saturated heterocycles. The monoisotopic (exact) mass is 291 g/mol. The molecule has 0 aromatic heterocycles. The molecule has 4 heteroatoms. The molecule has 0 N–H and O–H groups in total. The van der Waals surface area contributed by atoms with Crippen LogP contribution in [0.4, 0.5) is 0 Å². The number of carbonyl (C=O) groups excluding carboxylic acids is 1. The molecule has 0 bridgehead atoms. The maximum Gasteiger partial charge on any atom is 0.210 e. The lowest BCUT2D eigenvalue weighted by molar-refractivity contribution is -0.121. The Balaban J connectivity index is 1.99. The lowest BCUT2D eigenvalue weighted by Gasteiger charge is -2.39. The largest absolute Gasteiger partial charge is 0.497 e. The van der Waals surface area contributed by atoms with Crippen molar-refractivity contribution in [2.75, 3.05) is 26.9 Å². The molecular weight excluding hydrogens is 266 g/mol. The van der Waals surface area contributed by atoms with Crippen molar-refractivity contribution in [3.63, 3.8) is 0 Å². The van der Waals surface area contributed by atoms with Crippen molar-refractivity contribution in [1.29, 1.82) is 0 Å². The van der Waals surface area contributed by atoms with Crippen LogP contribution in [0.1, 0.15) is 31.7 Å². The van der Waals surface area contributed by atoms with Crippen molar-refractivity contribution in [2.45, 2.75) is 32.7 Å². The predicted octanol–water partition coefficient (Wildman–Crippen LogP) is 2.86. The summed E-state index contributed by atoms with van der Waals surface area (Å²) in [5.41, 5.74) is 1.34. The van der Waals surface area contributed by atoms with Crippen molar-refractivity contribution in [3.05, 3.63) is 29.8 Å². The summed E-state index contributed by atoms with van der Waals surface area (Å²) in [6, 6.07) is 7.89. The van der Waals surface area contributed by atoms with Gasteiger partial charge < -0.3 is 14.4 Å². The van der Waals surface area contributed by atoms with E-state index in [1.54, 1.807) is 7.11 Å². The molecule has 1 aliphatic rings. The number of hydrogen-bond donors (Lipinski definition) is 0. The van der Waals surface area contributed by atoms with E-state index in [4.69, 9.17) is 9.47 Å². The summed E-state index contributed by atoms with van der Waals surface area (Å²) in [4.78, 5) is 13.3. The smallest absolute Gasteiger partial charge is 0.210 e. The summed E-state index contributed by atoms with van der Waals surface area (Å²) >= 11 is 0. The lowest BCUT2D eigenvalue weighted by Crippen LogP contribution is -2.40. The van der Waals surface area contributed by atoms with Crippen molar-refractivity contribution in [2.24, 2.45) is 5.41 Å². The lowest BCUT2D eigenvalue weighted by atomic mass is 9.77. The Morgan fingerprint density at radius 1 is 1.29 bits per heavy atom. The normalized spacial score (nSPS) is 17.2. The fourth-order valence-corrected chi connectivity index (χ4v) is 2.95. The molecule has 1 aromatic rings. The first-order chi connectivity index (χ1) is 10.2. The zero-order chi connectivity index (χ0) is 15.1. The Morgan fingerprint density at radius 2 is 1.95 bits per heavy atom. The summed E-state index contributed by atoms with van der Waals surface area (Å²) < 4.78 is 10.6. The van der Waals surface area contributed by atoms with Crippen LogP contribution in [0.15, 0.2) is 24.3 Å². The average molecular weight is 291 g/mol. The third kappa shape index (κ3) is 4.21. The molecule has 1 aliphatic heterocycles. The zero-order valence-corrected chi connectivity index (χ0v) is 13.0. The molecule has 1 aromatic carbocycles. The molecule has 0 unspecified atom stereocenters. The van der Waals surface area contributed by atoms with Crippen LogP contribution >= 0.6 is 0 Å². The Labute approximate surface area is 127 Å². The first-order valence-electron chi connectivity index (χ1n) is 7.61. The SMILES string of the molecule is CCC1(CN(C=O)Cc2ccc(OC)cc2)CCOCC1. The second kappa shape index (κ2) is 7.46. The fourth-order valence-electron chi connectivity index (χ4n) is 2.95. The number of benzene rings is 1. The maximum atomic E-state index is 11.4. The second-order valence-electron chi connectivity index (χ2n) is 5.82. The van der Waals surface area contributed by atoms with E-state index in [0.717, 1.165) is 56.7 Å². The van der Waals surface area contributed by atoms with E-state index < -0.39 is 0 Å². The summed E-state index contributed by atoms with van der Waals surface area (Å²) in [7, 11) is 1.66.